The molecule has 4 saturated carbocycles. The monoisotopic (exact) mass is 437 g/mol. The van der Waals surface area contributed by atoms with Crippen LogP contribution in [0.25, 0.3) is 0 Å². The molecule has 0 amide bonds. The first-order chi connectivity index (χ1) is 15.1. The standard InChI is InChI=1S/C26H35N3O3/c1-24(32)8-9-25(2)17(10-24)4-5-18-19-6-7-20(26(19,3)11-21(30)23(18)25)22(31)15-29-14-16(12-27)13-28-29/h13-14,17-20,23,32H,4-11,15H2,1-3H3/t17-,18-,19-,20+,23+,24+,25-,26?/m0/s1. The van der Waals surface area contributed by atoms with Crippen molar-refractivity contribution in [3.63, 3.8) is 0 Å². The molecule has 0 aromatic carbocycles. The Morgan fingerprint density at radius 1 is 1.22 bits per heavy atom. The minimum absolute atomic E-state index is 0.0194. The summed E-state index contributed by atoms with van der Waals surface area (Å²) in [5.41, 5.74) is -0.440. The molecule has 1 unspecified atom stereocenters. The zero-order valence-electron chi connectivity index (χ0n) is 19.5. The number of hydrogen-bond acceptors (Lipinski definition) is 5. The molecule has 1 N–H and O–H groups in total. The van der Waals surface area contributed by atoms with Crippen LogP contribution in [0.3, 0.4) is 0 Å². The van der Waals surface area contributed by atoms with Crippen LogP contribution in [0.5, 0.6) is 0 Å². The number of fused-ring (bicyclic) bond motifs is 5. The van der Waals surface area contributed by atoms with Crippen molar-refractivity contribution >= 4 is 11.6 Å². The van der Waals surface area contributed by atoms with Crippen LogP contribution in [-0.2, 0) is 16.1 Å². The van der Waals surface area contributed by atoms with Crippen molar-refractivity contribution < 1.29 is 14.7 Å². The van der Waals surface area contributed by atoms with E-state index in [2.05, 4.69) is 25.0 Å². The fourth-order valence-corrected chi connectivity index (χ4v) is 8.55. The fraction of sp³-hybridized carbons (Fsp3) is 0.769. The number of carbonyl (C=O) groups is 2. The van der Waals surface area contributed by atoms with Gasteiger partial charge in [0.05, 0.1) is 23.9 Å². The molecule has 1 aromatic heterocycles. The minimum Gasteiger partial charge on any atom is -0.390 e. The Morgan fingerprint density at radius 2 is 2.00 bits per heavy atom. The van der Waals surface area contributed by atoms with E-state index in [0.29, 0.717) is 35.5 Å². The molecule has 6 nitrogen and oxygen atoms in total. The highest BCUT2D eigenvalue weighted by Gasteiger charge is 2.64. The summed E-state index contributed by atoms with van der Waals surface area (Å²) in [5, 5.41) is 23.8. The van der Waals surface area contributed by atoms with Gasteiger partial charge in [-0.15, -0.1) is 0 Å². The van der Waals surface area contributed by atoms with Gasteiger partial charge in [0.25, 0.3) is 0 Å². The molecule has 0 bridgehead atoms. The second-order valence-corrected chi connectivity index (χ2v) is 12.0. The van der Waals surface area contributed by atoms with E-state index in [1.807, 2.05) is 6.92 Å². The SMILES string of the molecule is CC12CC(=O)[C@H]3[C@@H](CC[C@H]4C[C@](C)(O)CC[C@@]43C)[C@@H]1CC[C@@H]2C(=O)Cn1cc(C#N)cn1. The maximum Gasteiger partial charge on any atom is 0.157 e. The average Bonchev–Trinajstić information content (AvgIpc) is 3.31. The zero-order valence-corrected chi connectivity index (χ0v) is 19.5. The number of nitrogens with zero attached hydrogens (tertiary/aromatic N) is 3. The van der Waals surface area contributed by atoms with E-state index in [-0.39, 0.29) is 35.0 Å². The number of nitriles is 1. The smallest absolute Gasteiger partial charge is 0.157 e. The molecule has 172 valence electrons. The van der Waals surface area contributed by atoms with Gasteiger partial charge < -0.3 is 5.11 Å². The number of hydrogen-bond donors (Lipinski definition) is 1. The quantitative estimate of drug-likeness (QED) is 0.773. The third kappa shape index (κ3) is 3.19. The molecule has 0 radical (unpaired) electrons. The molecule has 4 aliphatic carbocycles. The van der Waals surface area contributed by atoms with Crippen LogP contribution >= 0.6 is 0 Å². The summed E-state index contributed by atoms with van der Waals surface area (Å²) in [6, 6.07) is 2.06. The predicted octanol–water partition coefficient (Wildman–Crippen LogP) is 3.91. The maximum atomic E-state index is 13.7. The highest BCUT2D eigenvalue weighted by Crippen LogP contribution is 2.67. The summed E-state index contributed by atoms with van der Waals surface area (Å²) in [6.07, 6.45) is 10.1. The van der Waals surface area contributed by atoms with Crippen LogP contribution in [-0.4, -0.2) is 32.1 Å². The van der Waals surface area contributed by atoms with Gasteiger partial charge in [-0.1, -0.05) is 13.8 Å². The molecule has 5 rings (SSSR count). The van der Waals surface area contributed by atoms with Gasteiger partial charge in [-0.25, -0.2) is 0 Å². The predicted molar refractivity (Wildman–Crippen MR) is 118 cm³/mol. The van der Waals surface area contributed by atoms with E-state index in [1.54, 1.807) is 10.9 Å². The van der Waals surface area contributed by atoms with E-state index in [4.69, 9.17) is 5.26 Å². The molecule has 1 aromatic rings. The highest BCUT2D eigenvalue weighted by molar-refractivity contribution is 5.87. The van der Waals surface area contributed by atoms with Crippen LogP contribution in [0, 0.1) is 51.8 Å². The number of aliphatic hydroxyl groups is 1. The van der Waals surface area contributed by atoms with E-state index in [1.165, 1.54) is 6.20 Å². The third-order valence-corrected chi connectivity index (χ3v) is 10.1. The number of ketones is 2. The normalized spacial score (nSPS) is 45.5. The van der Waals surface area contributed by atoms with Gasteiger partial charge in [-0.2, -0.15) is 10.4 Å². The van der Waals surface area contributed by atoms with Crippen LogP contribution in [0.2, 0.25) is 0 Å². The van der Waals surface area contributed by atoms with E-state index < -0.39 is 5.60 Å². The van der Waals surface area contributed by atoms with Crippen molar-refractivity contribution in [2.75, 3.05) is 0 Å². The van der Waals surface area contributed by atoms with Crippen molar-refractivity contribution in [1.82, 2.24) is 9.78 Å². The molecular weight excluding hydrogens is 402 g/mol. The van der Waals surface area contributed by atoms with Gasteiger partial charge in [-0.05, 0) is 80.5 Å². The number of rotatable bonds is 3. The molecule has 4 aliphatic rings. The van der Waals surface area contributed by atoms with E-state index in [9.17, 15) is 14.7 Å². The Labute approximate surface area is 190 Å². The fourth-order valence-electron chi connectivity index (χ4n) is 8.55. The first kappa shape index (κ1) is 21.8. The summed E-state index contributed by atoms with van der Waals surface area (Å²) >= 11 is 0. The molecule has 4 fully saturated rings. The molecule has 1 heterocycles. The van der Waals surface area contributed by atoms with Crippen molar-refractivity contribution in [3.05, 3.63) is 18.0 Å². The molecular formula is C26H35N3O3. The van der Waals surface area contributed by atoms with Gasteiger partial charge in [0.1, 0.15) is 11.9 Å². The van der Waals surface area contributed by atoms with E-state index >= 15 is 0 Å². The third-order valence-electron chi connectivity index (χ3n) is 10.1. The number of Topliss-reactive ketones (excluding diaryl/α,β-unsaturated/α-hetero) is 2. The summed E-state index contributed by atoms with van der Waals surface area (Å²) in [5.74, 6) is 1.63. The minimum atomic E-state index is -0.605. The summed E-state index contributed by atoms with van der Waals surface area (Å²) in [6.45, 7) is 6.62. The topological polar surface area (TPSA) is 96.0 Å². The Hall–Kier alpha value is -2.00. The van der Waals surface area contributed by atoms with Crippen LogP contribution in [0.15, 0.2) is 12.4 Å². The largest absolute Gasteiger partial charge is 0.390 e. The van der Waals surface area contributed by atoms with Crippen molar-refractivity contribution in [3.8, 4) is 6.07 Å². The molecule has 6 heteroatoms. The van der Waals surface area contributed by atoms with Crippen LogP contribution in [0.4, 0.5) is 0 Å². The zero-order chi connectivity index (χ0) is 22.9. The summed E-state index contributed by atoms with van der Waals surface area (Å²) in [4.78, 5) is 27.1. The van der Waals surface area contributed by atoms with Crippen molar-refractivity contribution in [2.24, 2.45) is 40.4 Å². The first-order valence-electron chi connectivity index (χ1n) is 12.3. The lowest BCUT2D eigenvalue weighted by molar-refractivity contribution is -0.168. The molecule has 0 aliphatic heterocycles. The lowest BCUT2D eigenvalue weighted by Gasteiger charge is -2.60. The second kappa shape index (κ2) is 7.25. The van der Waals surface area contributed by atoms with E-state index in [0.717, 1.165) is 44.9 Å². The van der Waals surface area contributed by atoms with Crippen molar-refractivity contribution in [1.29, 1.82) is 5.26 Å². The molecule has 0 spiro atoms. The van der Waals surface area contributed by atoms with Crippen LogP contribution in [0.1, 0.15) is 77.7 Å². The molecule has 8 atom stereocenters. The van der Waals surface area contributed by atoms with Gasteiger partial charge in [0.15, 0.2) is 5.78 Å². The van der Waals surface area contributed by atoms with Gasteiger partial charge in [-0.3, -0.25) is 14.3 Å². The highest BCUT2D eigenvalue weighted by atomic mass is 16.3. The lowest BCUT2D eigenvalue weighted by atomic mass is 9.43. The first-order valence-corrected chi connectivity index (χ1v) is 12.3. The number of aromatic nitrogens is 2. The molecule has 32 heavy (non-hydrogen) atoms. The Kier molecular flexibility index (Phi) is 4.94. The summed E-state index contributed by atoms with van der Waals surface area (Å²) < 4.78 is 1.56. The molecule has 0 saturated heterocycles. The van der Waals surface area contributed by atoms with Gasteiger partial charge in [0.2, 0.25) is 0 Å². The number of carbonyl (C=O) groups excluding carboxylic acids is 2. The Morgan fingerprint density at radius 3 is 2.72 bits per heavy atom. The van der Waals surface area contributed by atoms with Gasteiger partial charge in [0, 0.05) is 24.5 Å². The second-order valence-electron chi connectivity index (χ2n) is 12.0. The van der Waals surface area contributed by atoms with Crippen molar-refractivity contribution in [2.45, 2.75) is 84.3 Å². The Bertz CT molecular complexity index is 991. The maximum absolute atomic E-state index is 13.7. The van der Waals surface area contributed by atoms with Gasteiger partial charge >= 0.3 is 0 Å². The Balaban J connectivity index is 1.38. The van der Waals surface area contributed by atoms with Crippen LogP contribution < -0.4 is 0 Å². The average molecular weight is 438 g/mol. The lowest BCUT2D eigenvalue weighted by Crippen LogP contribution is -2.59. The summed E-state index contributed by atoms with van der Waals surface area (Å²) in [7, 11) is 0.